The lowest BCUT2D eigenvalue weighted by Gasteiger charge is -2.18. The van der Waals surface area contributed by atoms with Crippen LogP contribution in [0.1, 0.15) is 22.3 Å². The van der Waals surface area contributed by atoms with E-state index in [1.165, 1.54) is 0 Å². The van der Waals surface area contributed by atoms with Crippen molar-refractivity contribution in [3.63, 3.8) is 0 Å². The van der Waals surface area contributed by atoms with E-state index in [0.717, 1.165) is 28.0 Å². The summed E-state index contributed by atoms with van der Waals surface area (Å²) < 4.78 is 11.6. The minimum Gasteiger partial charge on any atom is -0.478 e. The Morgan fingerprint density at radius 2 is 1.57 bits per heavy atom. The van der Waals surface area contributed by atoms with E-state index in [1.54, 1.807) is 0 Å². The molecule has 3 rings (SSSR count). The molecule has 0 amide bonds. The highest BCUT2D eigenvalue weighted by atomic mass is 16.5. The van der Waals surface area contributed by atoms with Gasteiger partial charge in [-0.3, -0.25) is 0 Å². The third-order valence-corrected chi connectivity index (χ3v) is 4.63. The van der Waals surface area contributed by atoms with E-state index in [1.807, 2.05) is 81.4 Å². The Kier molecular flexibility index (Phi) is 5.99. The number of carbonyl (C=O) groups is 1. The van der Waals surface area contributed by atoms with Crippen molar-refractivity contribution >= 4 is 5.97 Å². The smallest absolute Gasteiger partial charge is 0.345 e. The molecule has 4 nitrogen and oxygen atoms in total. The molecule has 0 aromatic heterocycles. The van der Waals surface area contributed by atoms with E-state index in [9.17, 15) is 9.90 Å². The zero-order chi connectivity index (χ0) is 20.1. The average Bonchev–Trinajstić information content (AvgIpc) is 2.67. The highest BCUT2D eigenvalue weighted by Gasteiger charge is 2.21. The van der Waals surface area contributed by atoms with Crippen LogP contribution in [0.5, 0.6) is 17.2 Å². The Balaban J connectivity index is 1.72. The summed E-state index contributed by atoms with van der Waals surface area (Å²) >= 11 is 0. The number of hydrogen-bond donors (Lipinski definition) is 1. The summed E-state index contributed by atoms with van der Waals surface area (Å²) in [4.78, 5) is 11.7. The highest BCUT2D eigenvalue weighted by Crippen LogP contribution is 2.26. The molecule has 0 heterocycles. The average molecular weight is 376 g/mol. The van der Waals surface area contributed by atoms with Crippen LogP contribution in [0.25, 0.3) is 0 Å². The standard InChI is InChI=1S/C24H24O4/c1-16-13-17(2)18(3)22(14-16)28-23(24(25)26)15-19-9-11-21(12-10-19)27-20-7-5-4-6-8-20/h4-14,23H,15H2,1-3H3,(H,25,26)/t23-/m1/s1. The largest absolute Gasteiger partial charge is 0.478 e. The van der Waals surface area contributed by atoms with Crippen LogP contribution in [0.2, 0.25) is 0 Å². The monoisotopic (exact) mass is 376 g/mol. The van der Waals surface area contributed by atoms with E-state index in [-0.39, 0.29) is 6.42 Å². The fourth-order valence-corrected chi connectivity index (χ4v) is 2.99. The number of aliphatic carboxylic acids is 1. The number of para-hydroxylation sites is 1. The van der Waals surface area contributed by atoms with Crippen molar-refractivity contribution in [3.05, 3.63) is 89.0 Å². The predicted octanol–water partition coefficient (Wildman–Crippen LogP) is 5.48. The summed E-state index contributed by atoms with van der Waals surface area (Å²) in [5.41, 5.74) is 3.96. The van der Waals surface area contributed by atoms with Gasteiger partial charge in [0, 0.05) is 6.42 Å². The Morgan fingerprint density at radius 3 is 2.21 bits per heavy atom. The molecule has 0 unspecified atom stereocenters. The second kappa shape index (κ2) is 8.61. The first-order valence-corrected chi connectivity index (χ1v) is 9.21. The number of carboxylic acid groups (broad SMARTS) is 1. The Labute approximate surface area is 165 Å². The summed E-state index contributed by atoms with van der Waals surface area (Å²) in [7, 11) is 0. The van der Waals surface area contributed by atoms with Gasteiger partial charge in [-0.2, -0.15) is 0 Å². The van der Waals surface area contributed by atoms with Crippen LogP contribution in [0.4, 0.5) is 0 Å². The molecule has 4 heteroatoms. The number of rotatable bonds is 7. The highest BCUT2D eigenvalue weighted by molar-refractivity contribution is 5.73. The van der Waals surface area contributed by atoms with Crippen LogP contribution in [0, 0.1) is 20.8 Å². The van der Waals surface area contributed by atoms with Crippen molar-refractivity contribution in [2.75, 3.05) is 0 Å². The molecule has 0 aliphatic rings. The van der Waals surface area contributed by atoms with Gasteiger partial charge < -0.3 is 14.6 Å². The van der Waals surface area contributed by atoms with Crippen LogP contribution >= 0.6 is 0 Å². The van der Waals surface area contributed by atoms with Crippen molar-refractivity contribution in [2.24, 2.45) is 0 Å². The molecule has 0 aliphatic heterocycles. The Hall–Kier alpha value is -3.27. The number of aryl methyl sites for hydroxylation is 2. The second-order valence-corrected chi connectivity index (χ2v) is 6.91. The molecule has 144 valence electrons. The summed E-state index contributed by atoms with van der Waals surface area (Å²) in [5, 5.41) is 9.63. The van der Waals surface area contributed by atoms with Gasteiger partial charge in [0.15, 0.2) is 6.10 Å². The van der Waals surface area contributed by atoms with Crippen molar-refractivity contribution in [2.45, 2.75) is 33.3 Å². The van der Waals surface area contributed by atoms with Crippen molar-refractivity contribution in [1.82, 2.24) is 0 Å². The minimum absolute atomic E-state index is 0.271. The summed E-state index contributed by atoms with van der Waals surface area (Å²) in [6.07, 6.45) is -0.686. The van der Waals surface area contributed by atoms with Gasteiger partial charge in [-0.05, 0) is 73.4 Å². The van der Waals surface area contributed by atoms with E-state index in [4.69, 9.17) is 9.47 Å². The second-order valence-electron chi connectivity index (χ2n) is 6.91. The lowest BCUT2D eigenvalue weighted by atomic mass is 10.0. The molecule has 0 saturated carbocycles. The number of ether oxygens (including phenoxy) is 2. The maximum absolute atomic E-state index is 11.7. The van der Waals surface area contributed by atoms with Crippen LogP contribution < -0.4 is 9.47 Å². The molecule has 0 aliphatic carbocycles. The molecule has 1 N–H and O–H groups in total. The molecule has 0 saturated heterocycles. The fraction of sp³-hybridized carbons (Fsp3) is 0.208. The molecular weight excluding hydrogens is 352 g/mol. The predicted molar refractivity (Wildman–Crippen MR) is 109 cm³/mol. The van der Waals surface area contributed by atoms with Gasteiger partial charge in [0.25, 0.3) is 0 Å². The molecule has 3 aromatic rings. The maximum Gasteiger partial charge on any atom is 0.345 e. The minimum atomic E-state index is -0.983. The molecule has 0 spiro atoms. The Morgan fingerprint density at radius 1 is 0.929 bits per heavy atom. The molecule has 1 atom stereocenters. The first-order chi connectivity index (χ1) is 13.4. The van der Waals surface area contributed by atoms with Gasteiger partial charge in [0.05, 0.1) is 0 Å². The lowest BCUT2D eigenvalue weighted by molar-refractivity contribution is -0.145. The molecule has 0 radical (unpaired) electrons. The topological polar surface area (TPSA) is 55.8 Å². The molecular formula is C24H24O4. The molecule has 28 heavy (non-hydrogen) atoms. The first-order valence-electron chi connectivity index (χ1n) is 9.21. The number of benzene rings is 3. The third-order valence-electron chi connectivity index (χ3n) is 4.63. The SMILES string of the molecule is Cc1cc(C)c(C)c(O[C@H](Cc2ccc(Oc3ccccc3)cc2)C(=O)O)c1. The number of carboxylic acids is 1. The quantitative estimate of drug-likeness (QED) is 0.593. The van der Waals surface area contributed by atoms with Gasteiger partial charge in [0.2, 0.25) is 0 Å². The van der Waals surface area contributed by atoms with E-state index < -0.39 is 12.1 Å². The van der Waals surface area contributed by atoms with E-state index >= 15 is 0 Å². The number of hydrogen-bond acceptors (Lipinski definition) is 3. The van der Waals surface area contributed by atoms with Crippen molar-refractivity contribution < 1.29 is 19.4 Å². The van der Waals surface area contributed by atoms with Crippen LogP contribution in [0.3, 0.4) is 0 Å². The van der Waals surface area contributed by atoms with Crippen molar-refractivity contribution in [1.29, 1.82) is 0 Å². The summed E-state index contributed by atoms with van der Waals surface area (Å²) in [5.74, 6) is 1.09. The third kappa shape index (κ3) is 4.92. The zero-order valence-corrected chi connectivity index (χ0v) is 16.3. The molecule has 3 aromatic carbocycles. The van der Waals surface area contributed by atoms with E-state index in [0.29, 0.717) is 11.5 Å². The van der Waals surface area contributed by atoms with E-state index in [2.05, 4.69) is 6.07 Å². The summed E-state index contributed by atoms with van der Waals surface area (Å²) in [6.45, 7) is 5.91. The van der Waals surface area contributed by atoms with Gasteiger partial charge in [0.1, 0.15) is 17.2 Å². The normalized spacial score (nSPS) is 11.7. The lowest BCUT2D eigenvalue weighted by Crippen LogP contribution is -2.29. The van der Waals surface area contributed by atoms with Gasteiger partial charge >= 0.3 is 5.97 Å². The molecule has 0 fully saturated rings. The molecule has 0 bridgehead atoms. The van der Waals surface area contributed by atoms with Gasteiger partial charge in [-0.1, -0.05) is 36.4 Å². The maximum atomic E-state index is 11.7. The summed E-state index contributed by atoms with van der Waals surface area (Å²) in [6, 6.07) is 20.9. The van der Waals surface area contributed by atoms with Gasteiger partial charge in [-0.25, -0.2) is 4.79 Å². The fourth-order valence-electron chi connectivity index (χ4n) is 2.99. The Bertz CT molecular complexity index is 946. The van der Waals surface area contributed by atoms with Crippen LogP contribution in [-0.4, -0.2) is 17.2 Å². The van der Waals surface area contributed by atoms with Gasteiger partial charge in [-0.15, -0.1) is 0 Å². The first kappa shape index (κ1) is 19.5. The van der Waals surface area contributed by atoms with Crippen LogP contribution in [-0.2, 0) is 11.2 Å². The zero-order valence-electron chi connectivity index (χ0n) is 16.3. The van der Waals surface area contributed by atoms with Crippen LogP contribution in [0.15, 0.2) is 66.7 Å². The van der Waals surface area contributed by atoms with Crippen molar-refractivity contribution in [3.8, 4) is 17.2 Å².